The number of fused-ring (bicyclic) bond motifs is 10. The van der Waals surface area contributed by atoms with Gasteiger partial charge in [-0.15, -0.1) is 22.7 Å². The number of hydrogen-bond acceptors (Lipinski definition) is 6. The van der Waals surface area contributed by atoms with Crippen molar-refractivity contribution in [1.82, 2.24) is 14.5 Å². The van der Waals surface area contributed by atoms with Gasteiger partial charge >= 0.3 is 0 Å². The molecule has 55 heavy (non-hydrogen) atoms. The van der Waals surface area contributed by atoms with Gasteiger partial charge in [0.1, 0.15) is 17.7 Å². The van der Waals surface area contributed by atoms with E-state index in [9.17, 15) is 10.5 Å². The number of nitrogens with zero attached hydrogens (tertiary/aromatic N) is 5. The normalized spacial score (nSPS) is 11.6. The van der Waals surface area contributed by atoms with Crippen LogP contribution in [-0.2, 0) is 0 Å². The van der Waals surface area contributed by atoms with Crippen LogP contribution in [0.3, 0.4) is 0 Å². The number of rotatable bonds is 4. The first-order valence-corrected chi connectivity index (χ1v) is 19.5. The van der Waals surface area contributed by atoms with Gasteiger partial charge in [-0.25, -0.2) is 9.97 Å². The van der Waals surface area contributed by atoms with Crippen LogP contribution >= 0.6 is 22.7 Å². The van der Waals surface area contributed by atoms with Crippen LogP contribution in [0.2, 0.25) is 0 Å². The molecule has 7 aromatic carbocycles. The molecule has 0 aliphatic carbocycles. The second-order valence-corrected chi connectivity index (χ2v) is 15.7. The molecule has 4 heterocycles. The topological polar surface area (TPSA) is 78.3 Å². The molecule has 0 N–H and O–H groups in total. The van der Waals surface area contributed by atoms with Crippen LogP contribution < -0.4 is 0 Å². The highest BCUT2D eigenvalue weighted by Gasteiger charge is 2.23. The summed E-state index contributed by atoms with van der Waals surface area (Å²) >= 11 is 3.52. The Morgan fingerprint density at radius 1 is 0.491 bits per heavy atom. The number of aromatic nitrogens is 3. The van der Waals surface area contributed by atoms with Crippen molar-refractivity contribution < 1.29 is 0 Å². The minimum absolute atomic E-state index is 0.359. The lowest BCUT2D eigenvalue weighted by atomic mass is 9.98. The predicted molar refractivity (Wildman–Crippen MR) is 228 cm³/mol. The number of para-hydroxylation sites is 1. The summed E-state index contributed by atoms with van der Waals surface area (Å²) < 4.78 is 6.99. The van der Waals surface area contributed by atoms with E-state index in [1.807, 2.05) is 60.7 Å². The predicted octanol–water partition coefficient (Wildman–Crippen LogP) is 13.1. The molecule has 4 aromatic heterocycles. The lowest BCUT2D eigenvalue weighted by Gasteiger charge is -2.15. The Morgan fingerprint density at radius 2 is 1.13 bits per heavy atom. The third-order valence-corrected chi connectivity index (χ3v) is 12.8. The second kappa shape index (κ2) is 12.2. The zero-order valence-electron chi connectivity index (χ0n) is 29.0. The Kier molecular flexibility index (Phi) is 6.96. The Balaban J connectivity index is 1.19. The van der Waals surface area contributed by atoms with Crippen LogP contribution in [0, 0.1) is 22.7 Å². The molecule has 7 heteroatoms. The Hall–Kier alpha value is -7.16. The molecule has 5 nitrogen and oxygen atoms in total. The fourth-order valence-corrected chi connectivity index (χ4v) is 10.4. The summed E-state index contributed by atoms with van der Waals surface area (Å²) in [5.74, 6) is 0.527. The van der Waals surface area contributed by atoms with Gasteiger partial charge in [0.05, 0.1) is 33.7 Å². The van der Waals surface area contributed by atoms with Gasteiger partial charge in [-0.1, -0.05) is 109 Å². The molecule has 0 bridgehead atoms. The standard InChI is InChI=1S/C48H25N5S2/c49-26-30-25-29(21-23-37(30)53-38-17-7-4-13-31(38)32-22-24-42-44(47(32)53)34-15-6-9-19-40(34)55-42)46-36(27-50)45(28-11-2-1-3-12-28)51-48(52-46)35-16-10-20-41-43(35)33-14-5-8-18-39(33)54-41/h1-25H. The summed E-state index contributed by atoms with van der Waals surface area (Å²) in [7, 11) is 0. The van der Waals surface area contributed by atoms with E-state index in [-0.39, 0.29) is 0 Å². The molecular formula is C48H25N5S2. The third kappa shape index (κ3) is 4.68. The first-order valence-electron chi connectivity index (χ1n) is 17.9. The van der Waals surface area contributed by atoms with Crippen molar-refractivity contribution in [3.05, 3.63) is 163 Å². The quantitative estimate of drug-likeness (QED) is 0.180. The molecule has 0 atom stereocenters. The van der Waals surface area contributed by atoms with Gasteiger partial charge in [0.2, 0.25) is 0 Å². The molecule has 0 fully saturated rings. The molecule has 254 valence electrons. The number of benzene rings is 7. The fourth-order valence-electron chi connectivity index (χ4n) is 8.15. The van der Waals surface area contributed by atoms with E-state index >= 15 is 0 Å². The third-order valence-electron chi connectivity index (χ3n) is 10.5. The van der Waals surface area contributed by atoms with Crippen molar-refractivity contribution in [3.63, 3.8) is 0 Å². The first kappa shape index (κ1) is 31.4. The number of nitriles is 2. The summed E-state index contributed by atoms with van der Waals surface area (Å²) in [6.07, 6.45) is 0. The van der Waals surface area contributed by atoms with Gasteiger partial charge < -0.3 is 4.57 Å². The minimum Gasteiger partial charge on any atom is -0.307 e. The summed E-state index contributed by atoms with van der Waals surface area (Å²) in [6, 6.07) is 56.6. The van der Waals surface area contributed by atoms with Crippen molar-refractivity contribution in [2.24, 2.45) is 0 Å². The average molecular weight is 736 g/mol. The Bertz CT molecular complexity index is 3470. The van der Waals surface area contributed by atoms with Crippen molar-refractivity contribution in [2.45, 2.75) is 0 Å². The minimum atomic E-state index is 0.359. The van der Waals surface area contributed by atoms with E-state index < -0.39 is 0 Å². The summed E-state index contributed by atoms with van der Waals surface area (Å²) in [5, 5.41) is 28.6. The van der Waals surface area contributed by atoms with Crippen LogP contribution in [0.4, 0.5) is 0 Å². The lowest BCUT2D eigenvalue weighted by Crippen LogP contribution is -2.03. The average Bonchev–Trinajstić information content (AvgIpc) is 3.93. The fraction of sp³-hybridized carbons (Fsp3) is 0. The van der Waals surface area contributed by atoms with E-state index in [1.165, 1.54) is 24.9 Å². The molecule has 0 spiro atoms. The highest BCUT2D eigenvalue weighted by Crippen LogP contribution is 2.45. The highest BCUT2D eigenvalue weighted by atomic mass is 32.1. The molecule has 0 aliphatic heterocycles. The van der Waals surface area contributed by atoms with E-state index in [0.29, 0.717) is 33.9 Å². The molecule has 0 saturated carbocycles. The van der Waals surface area contributed by atoms with Crippen molar-refractivity contribution in [1.29, 1.82) is 10.5 Å². The van der Waals surface area contributed by atoms with Crippen LogP contribution in [0.15, 0.2) is 152 Å². The van der Waals surface area contributed by atoms with Crippen LogP contribution in [0.1, 0.15) is 11.1 Å². The lowest BCUT2D eigenvalue weighted by molar-refractivity contribution is 1.16. The molecule has 0 amide bonds. The zero-order valence-corrected chi connectivity index (χ0v) is 30.6. The van der Waals surface area contributed by atoms with Crippen molar-refractivity contribution >= 4 is 84.8 Å². The van der Waals surface area contributed by atoms with Gasteiger partial charge in [-0.2, -0.15) is 10.5 Å². The van der Waals surface area contributed by atoms with E-state index in [4.69, 9.17) is 9.97 Å². The largest absolute Gasteiger partial charge is 0.307 e. The monoisotopic (exact) mass is 735 g/mol. The van der Waals surface area contributed by atoms with E-state index in [0.717, 1.165) is 54.1 Å². The zero-order chi connectivity index (χ0) is 36.6. The second-order valence-electron chi connectivity index (χ2n) is 13.5. The molecule has 0 unspecified atom stereocenters. The van der Waals surface area contributed by atoms with E-state index in [1.54, 1.807) is 22.7 Å². The maximum atomic E-state index is 10.9. The number of hydrogen-bond donors (Lipinski definition) is 0. The highest BCUT2D eigenvalue weighted by molar-refractivity contribution is 7.26. The molecule has 0 radical (unpaired) electrons. The van der Waals surface area contributed by atoms with Crippen LogP contribution in [0.5, 0.6) is 0 Å². The summed E-state index contributed by atoms with van der Waals surface area (Å²) in [6.45, 7) is 0. The van der Waals surface area contributed by atoms with Crippen molar-refractivity contribution in [2.75, 3.05) is 0 Å². The van der Waals surface area contributed by atoms with Crippen LogP contribution in [-0.4, -0.2) is 14.5 Å². The van der Waals surface area contributed by atoms with Gasteiger partial charge in [-0.3, -0.25) is 0 Å². The maximum Gasteiger partial charge on any atom is 0.161 e. The summed E-state index contributed by atoms with van der Waals surface area (Å²) in [4.78, 5) is 10.3. The van der Waals surface area contributed by atoms with Gasteiger partial charge in [0.25, 0.3) is 0 Å². The van der Waals surface area contributed by atoms with Gasteiger partial charge in [0.15, 0.2) is 5.82 Å². The molecule has 0 saturated heterocycles. The van der Waals surface area contributed by atoms with Crippen molar-refractivity contribution in [3.8, 4) is 51.7 Å². The van der Waals surface area contributed by atoms with Gasteiger partial charge in [0, 0.05) is 67.8 Å². The maximum absolute atomic E-state index is 10.9. The SMILES string of the molecule is N#Cc1cc(-c2nc(-c3cccc4sc5ccccc5c34)nc(-c3ccccc3)c2C#N)ccc1-n1c2ccccc2c2ccc3sc4ccccc4c3c21. The molecule has 0 aliphatic rings. The van der Waals surface area contributed by atoms with Crippen LogP contribution in [0.25, 0.3) is 102 Å². The van der Waals surface area contributed by atoms with Gasteiger partial charge in [-0.05, 0) is 42.5 Å². The number of thiophene rings is 2. The smallest absolute Gasteiger partial charge is 0.161 e. The summed E-state index contributed by atoms with van der Waals surface area (Å²) in [5.41, 5.74) is 7.13. The molecule has 11 aromatic rings. The molecule has 11 rings (SSSR count). The van der Waals surface area contributed by atoms with E-state index in [2.05, 4.69) is 108 Å². The Morgan fingerprint density at radius 3 is 1.87 bits per heavy atom. The molecular weight excluding hydrogens is 711 g/mol. The first-order chi connectivity index (χ1) is 27.2. The Labute approximate surface area is 322 Å².